The fraction of sp³-hybridized carbons (Fsp3) is 0.550. The fourth-order valence-corrected chi connectivity index (χ4v) is 3.53. The molecule has 1 atom stereocenters. The van der Waals surface area contributed by atoms with Crippen molar-refractivity contribution in [2.75, 3.05) is 39.9 Å². The van der Waals surface area contributed by atoms with Gasteiger partial charge in [-0.15, -0.1) is 24.0 Å². The van der Waals surface area contributed by atoms with E-state index in [9.17, 15) is 0 Å². The van der Waals surface area contributed by atoms with Crippen LogP contribution in [-0.4, -0.2) is 61.8 Å². The summed E-state index contributed by atoms with van der Waals surface area (Å²) in [5.74, 6) is 1.41. The van der Waals surface area contributed by atoms with Crippen molar-refractivity contribution in [3.63, 3.8) is 0 Å². The smallest absolute Gasteiger partial charge is 0.191 e. The van der Waals surface area contributed by atoms with Crippen LogP contribution in [0.1, 0.15) is 19.5 Å². The molecule has 150 valence electrons. The molecule has 6 nitrogen and oxygen atoms in total. The lowest BCUT2D eigenvalue weighted by Crippen LogP contribution is -2.52. The molecule has 0 spiro atoms. The van der Waals surface area contributed by atoms with E-state index in [1.807, 2.05) is 13.1 Å². The molecule has 0 radical (unpaired) electrons. The number of halogens is 1. The van der Waals surface area contributed by atoms with E-state index in [0.717, 1.165) is 51.0 Å². The molecule has 1 saturated heterocycles. The predicted molar refractivity (Wildman–Crippen MR) is 123 cm³/mol. The molecule has 0 amide bonds. The van der Waals surface area contributed by atoms with E-state index in [4.69, 9.17) is 4.74 Å². The molecule has 1 unspecified atom stereocenters. The van der Waals surface area contributed by atoms with Gasteiger partial charge >= 0.3 is 0 Å². The van der Waals surface area contributed by atoms with E-state index in [1.54, 1.807) is 0 Å². The van der Waals surface area contributed by atoms with Gasteiger partial charge < -0.3 is 20.4 Å². The van der Waals surface area contributed by atoms with Gasteiger partial charge in [0.1, 0.15) is 0 Å². The summed E-state index contributed by atoms with van der Waals surface area (Å²) in [4.78, 5) is 10.3. The molecule has 1 fully saturated rings. The van der Waals surface area contributed by atoms with Crippen molar-refractivity contribution in [1.82, 2.24) is 20.5 Å². The SMILES string of the molecule is CN=C(NCc1cc2ccccc2[nH]1)NCC(C(C)C)N1CCOCC1.I. The summed E-state index contributed by atoms with van der Waals surface area (Å²) in [5, 5.41) is 8.14. The van der Waals surface area contributed by atoms with Crippen LogP contribution in [0.15, 0.2) is 35.3 Å². The number of guanidine groups is 1. The average Bonchev–Trinajstić information content (AvgIpc) is 3.08. The number of aromatic amines is 1. The van der Waals surface area contributed by atoms with Crippen LogP contribution < -0.4 is 10.6 Å². The number of aromatic nitrogens is 1. The van der Waals surface area contributed by atoms with Crippen molar-refractivity contribution < 1.29 is 4.74 Å². The van der Waals surface area contributed by atoms with Crippen molar-refractivity contribution >= 4 is 40.8 Å². The number of nitrogens with one attached hydrogen (secondary N) is 3. The number of hydrogen-bond donors (Lipinski definition) is 3. The van der Waals surface area contributed by atoms with E-state index in [2.05, 4.69) is 63.6 Å². The number of H-pyrrole nitrogens is 1. The summed E-state index contributed by atoms with van der Waals surface area (Å²) in [5.41, 5.74) is 2.32. The molecule has 2 heterocycles. The molecule has 0 bridgehead atoms. The molecular weight excluding hydrogens is 453 g/mol. The lowest BCUT2D eigenvalue weighted by molar-refractivity contribution is 0.00752. The highest BCUT2D eigenvalue weighted by Gasteiger charge is 2.23. The third-order valence-electron chi connectivity index (χ3n) is 5.02. The number of morpholine rings is 1. The van der Waals surface area contributed by atoms with Gasteiger partial charge in [0.05, 0.1) is 19.8 Å². The van der Waals surface area contributed by atoms with Crippen LogP contribution in [0.25, 0.3) is 10.9 Å². The molecule has 1 aliphatic heterocycles. The average molecular weight is 485 g/mol. The minimum Gasteiger partial charge on any atom is -0.379 e. The van der Waals surface area contributed by atoms with Crippen LogP contribution in [-0.2, 0) is 11.3 Å². The lowest BCUT2D eigenvalue weighted by atomic mass is 10.0. The first-order chi connectivity index (χ1) is 12.7. The first-order valence-electron chi connectivity index (χ1n) is 9.50. The minimum atomic E-state index is 0. The highest BCUT2D eigenvalue weighted by atomic mass is 127. The van der Waals surface area contributed by atoms with Gasteiger partial charge in [0.15, 0.2) is 5.96 Å². The summed E-state index contributed by atoms with van der Waals surface area (Å²) in [6, 6.07) is 11.0. The van der Waals surface area contributed by atoms with Gasteiger partial charge in [-0.3, -0.25) is 9.89 Å². The number of hydrogen-bond acceptors (Lipinski definition) is 3. The van der Waals surface area contributed by atoms with Crippen LogP contribution in [0.5, 0.6) is 0 Å². The molecule has 1 aliphatic rings. The molecule has 0 aliphatic carbocycles. The highest BCUT2D eigenvalue weighted by molar-refractivity contribution is 14.0. The second-order valence-electron chi connectivity index (χ2n) is 7.15. The van der Waals surface area contributed by atoms with Crippen LogP contribution in [0.2, 0.25) is 0 Å². The Bertz CT molecular complexity index is 691. The maximum atomic E-state index is 5.49. The molecule has 1 aromatic carbocycles. The molecular formula is C20H32IN5O. The normalized spacial score (nSPS) is 17.0. The first-order valence-corrected chi connectivity index (χ1v) is 9.50. The van der Waals surface area contributed by atoms with E-state index in [1.165, 1.54) is 10.9 Å². The lowest BCUT2D eigenvalue weighted by Gasteiger charge is -2.37. The molecule has 3 rings (SSSR count). The van der Waals surface area contributed by atoms with Gasteiger partial charge in [-0.05, 0) is 23.4 Å². The van der Waals surface area contributed by atoms with Crippen LogP contribution in [0, 0.1) is 5.92 Å². The topological polar surface area (TPSA) is 64.7 Å². The van der Waals surface area contributed by atoms with Gasteiger partial charge in [-0.25, -0.2) is 0 Å². The second-order valence-corrected chi connectivity index (χ2v) is 7.15. The van der Waals surface area contributed by atoms with Crippen molar-refractivity contribution in [1.29, 1.82) is 0 Å². The second kappa shape index (κ2) is 10.9. The fourth-order valence-electron chi connectivity index (χ4n) is 3.53. The maximum Gasteiger partial charge on any atom is 0.191 e. The number of ether oxygens (including phenoxy) is 1. The predicted octanol–water partition coefficient (Wildman–Crippen LogP) is 2.81. The number of aliphatic imine (C=N–C) groups is 1. The first kappa shape index (κ1) is 22.0. The van der Waals surface area contributed by atoms with Crippen molar-refractivity contribution in [3.05, 3.63) is 36.0 Å². The molecule has 0 saturated carbocycles. The molecule has 3 N–H and O–H groups in total. The Labute approximate surface area is 179 Å². The largest absolute Gasteiger partial charge is 0.379 e. The van der Waals surface area contributed by atoms with E-state index < -0.39 is 0 Å². The number of para-hydroxylation sites is 1. The van der Waals surface area contributed by atoms with Crippen molar-refractivity contribution in [3.8, 4) is 0 Å². The molecule has 27 heavy (non-hydrogen) atoms. The van der Waals surface area contributed by atoms with Gasteiger partial charge in [-0.1, -0.05) is 32.0 Å². The van der Waals surface area contributed by atoms with Crippen LogP contribution in [0.3, 0.4) is 0 Å². The Kier molecular flexibility index (Phi) is 8.85. The van der Waals surface area contributed by atoms with Crippen LogP contribution >= 0.6 is 24.0 Å². The summed E-state index contributed by atoms with van der Waals surface area (Å²) < 4.78 is 5.49. The zero-order chi connectivity index (χ0) is 18.4. The van der Waals surface area contributed by atoms with Crippen molar-refractivity contribution in [2.45, 2.75) is 26.4 Å². The molecule has 2 aromatic rings. The maximum absolute atomic E-state index is 5.49. The van der Waals surface area contributed by atoms with Gasteiger partial charge in [0.2, 0.25) is 0 Å². The molecule has 7 heteroatoms. The Morgan fingerprint density at radius 3 is 2.63 bits per heavy atom. The Morgan fingerprint density at radius 2 is 1.96 bits per heavy atom. The minimum absolute atomic E-state index is 0. The molecule has 1 aromatic heterocycles. The Morgan fingerprint density at radius 1 is 1.22 bits per heavy atom. The quantitative estimate of drug-likeness (QED) is 0.335. The standard InChI is InChI=1S/C20H31N5O.HI/c1-15(2)19(25-8-10-26-11-9-25)14-23-20(21-3)22-13-17-12-16-6-4-5-7-18(16)24-17;/h4-7,12,15,19,24H,8-11,13-14H2,1-3H3,(H2,21,22,23);1H. The monoisotopic (exact) mass is 485 g/mol. The van der Waals surface area contributed by atoms with Crippen LogP contribution in [0.4, 0.5) is 0 Å². The Hall–Kier alpha value is -1.32. The summed E-state index contributed by atoms with van der Waals surface area (Å²) >= 11 is 0. The zero-order valence-electron chi connectivity index (χ0n) is 16.5. The van der Waals surface area contributed by atoms with E-state index in [0.29, 0.717) is 12.0 Å². The highest BCUT2D eigenvalue weighted by Crippen LogP contribution is 2.14. The zero-order valence-corrected chi connectivity index (χ0v) is 18.8. The van der Waals surface area contributed by atoms with Gasteiger partial charge in [0, 0.05) is 43.9 Å². The Balaban J connectivity index is 0.00000261. The van der Waals surface area contributed by atoms with E-state index in [-0.39, 0.29) is 24.0 Å². The third-order valence-corrected chi connectivity index (χ3v) is 5.02. The van der Waals surface area contributed by atoms with Gasteiger partial charge in [-0.2, -0.15) is 0 Å². The van der Waals surface area contributed by atoms with Crippen molar-refractivity contribution in [2.24, 2.45) is 10.9 Å². The summed E-state index contributed by atoms with van der Waals surface area (Å²) in [6.45, 7) is 9.83. The van der Waals surface area contributed by atoms with Gasteiger partial charge in [0.25, 0.3) is 0 Å². The van der Waals surface area contributed by atoms with E-state index >= 15 is 0 Å². The summed E-state index contributed by atoms with van der Waals surface area (Å²) in [7, 11) is 1.82. The number of rotatable bonds is 6. The number of benzene rings is 1. The number of fused-ring (bicyclic) bond motifs is 1. The number of nitrogens with zero attached hydrogens (tertiary/aromatic N) is 2. The summed E-state index contributed by atoms with van der Waals surface area (Å²) in [6.07, 6.45) is 0. The third kappa shape index (κ3) is 6.08.